The van der Waals surface area contributed by atoms with Gasteiger partial charge in [0, 0.05) is 17.7 Å². The van der Waals surface area contributed by atoms with Gasteiger partial charge in [0.2, 0.25) is 5.95 Å². The van der Waals surface area contributed by atoms with Gasteiger partial charge in [0.05, 0.1) is 0 Å². The lowest BCUT2D eigenvalue weighted by atomic mass is 10.1. The summed E-state index contributed by atoms with van der Waals surface area (Å²) in [5.41, 5.74) is 4.73. The molecule has 144 valence electrons. The molecule has 0 aliphatic rings. The zero-order valence-corrected chi connectivity index (χ0v) is 16.5. The second kappa shape index (κ2) is 8.10. The van der Waals surface area contributed by atoms with E-state index in [4.69, 9.17) is 0 Å². The molecule has 5 heteroatoms. The van der Waals surface area contributed by atoms with Crippen molar-refractivity contribution in [3.05, 3.63) is 101 Å². The molecule has 0 aliphatic carbocycles. The van der Waals surface area contributed by atoms with Gasteiger partial charge in [-0.3, -0.25) is 4.79 Å². The first-order chi connectivity index (χ1) is 14.1. The van der Waals surface area contributed by atoms with Crippen LogP contribution in [0.25, 0.3) is 11.4 Å². The van der Waals surface area contributed by atoms with E-state index in [2.05, 4.69) is 15.4 Å². The van der Waals surface area contributed by atoms with Crippen LogP contribution in [0, 0.1) is 13.8 Å². The van der Waals surface area contributed by atoms with Crippen LogP contribution in [0.5, 0.6) is 0 Å². The van der Waals surface area contributed by atoms with Crippen molar-refractivity contribution in [3.8, 4) is 11.4 Å². The van der Waals surface area contributed by atoms with Gasteiger partial charge in [-0.2, -0.15) is 9.67 Å². The van der Waals surface area contributed by atoms with E-state index in [-0.39, 0.29) is 5.91 Å². The SMILES string of the molecule is Cc1ccc(-c2nc(NCc3ccccc3)n(C(=O)c3cccc(C)c3)n2)cc1. The Labute approximate surface area is 170 Å². The molecule has 5 nitrogen and oxygen atoms in total. The van der Waals surface area contributed by atoms with Crippen molar-refractivity contribution in [2.45, 2.75) is 20.4 Å². The lowest BCUT2D eigenvalue weighted by Crippen LogP contribution is -2.17. The summed E-state index contributed by atoms with van der Waals surface area (Å²) in [6.07, 6.45) is 0. The average molecular weight is 382 g/mol. The third-order valence-corrected chi connectivity index (χ3v) is 4.67. The normalized spacial score (nSPS) is 10.7. The monoisotopic (exact) mass is 382 g/mol. The van der Waals surface area contributed by atoms with E-state index >= 15 is 0 Å². The summed E-state index contributed by atoms with van der Waals surface area (Å²) in [4.78, 5) is 17.8. The summed E-state index contributed by atoms with van der Waals surface area (Å²) in [5.74, 6) is 0.729. The summed E-state index contributed by atoms with van der Waals surface area (Å²) in [6, 6.07) is 25.4. The van der Waals surface area contributed by atoms with Crippen LogP contribution in [-0.4, -0.2) is 20.7 Å². The van der Waals surface area contributed by atoms with Gasteiger partial charge in [-0.1, -0.05) is 77.9 Å². The van der Waals surface area contributed by atoms with Crippen LogP contribution < -0.4 is 5.32 Å². The van der Waals surface area contributed by atoms with E-state index in [1.807, 2.05) is 86.6 Å². The molecule has 0 radical (unpaired) electrons. The highest BCUT2D eigenvalue weighted by molar-refractivity contribution is 5.97. The Kier molecular flexibility index (Phi) is 5.20. The van der Waals surface area contributed by atoms with Crippen molar-refractivity contribution in [1.29, 1.82) is 0 Å². The standard InChI is InChI=1S/C24H22N4O/c1-17-11-13-20(14-12-17)22-26-24(25-16-19-8-4-3-5-9-19)28(27-22)23(29)21-10-6-7-18(2)15-21/h3-15H,16H2,1-2H3,(H,25,26,27). The van der Waals surface area contributed by atoms with Gasteiger partial charge in [0.25, 0.3) is 5.91 Å². The molecule has 1 N–H and O–H groups in total. The molecule has 1 aromatic heterocycles. The Morgan fingerprint density at radius 3 is 2.38 bits per heavy atom. The van der Waals surface area contributed by atoms with E-state index in [0.29, 0.717) is 23.9 Å². The fourth-order valence-corrected chi connectivity index (χ4v) is 3.07. The highest BCUT2D eigenvalue weighted by atomic mass is 16.2. The molecule has 0 bridgehead atoms. The third-order valence-electron chi connectivity index (χ3n) is 4.67. The van der Waals surface area contributed by atoms with Crippen LogP contribution in [-0.2, 0) is 6.54 Å². The van der Waals surface area contributed by atoms with Crippen molar-refractivity contribution < 1.29 is 4.79 Å². The van der Waals surface area contributed by atoms with E-state index in [0.717, 1.165) is 22.3 Å². The van der Waals surface area contributed by atoms with Crippen molar-refractivity contribution >= 4 is 11.9 Å². The maximum atomic E-state index is 13.1. The molecule has 4 aromatic rings. The predicted octanol–water partition coefficient (Wildman–Crippen LogP) is 4.86. The highest BCUT2D eigenvalue weighted by Gasteiger charge is 2.19. The number of nitrogens with zero attached hydrogens (tertiary/aromatic N) is 3. The molecule has 4 rings (SSSR count). The Morgan fingerprint density at radius 2 is 1.66 bits per heavy atom. The second-order valence-electron chi connectivity index (χ2n) is 7.05. The quantitative estimate of drug-likeness (QED) is 0.535. The first-order valence-corrected chi connectivity index (χ1v) is 9.53. The minimum absolute atomic E-state index is 0.213. The van der Waals surface area contributed by atoms with Gasteiger partial charge in [-0.05, 0) is 31.5 Å². The first kappa shape index (κ1) is 18.6. The van der Waals surface area contributed by atoms with Gasteiger partial charge >= 0.3 is 0 Å². The fourth-order valence-electron chi connectivity index (χ4n) is 3.07. The largest absolute Gasteiger partial charge is 0.350 e. The number of nitrogens with one attached hydrogen (secondary N) is 1. The summed E-state index contributed by atoms with van der Waals surface area (Å²) < 4.78 is 1.35. The molecule has 3 aromatic carbocycles. The van der Waals surface area contributed by atoms with E-state index in [1.54, 1.807) is 6.07 Å². The van der Waals surface area contributed by atoms with Gasteiger partial charge in [0.15, 0.2) is 5.82 Å². The molecular formula is C24H22N4O. The van der Waals surface area contributed by atoms with Gasteiger partial charge in [-0.15, -0.1) is 5.10 Å². The van der Waals surface area contributed by atoms with Crippen LogP contribution in [0.1, 0.15) is 27.0 Å². The van der Waals surface area contributed by atoms with Gasteiger partial charge < -0.3 is 5.32 Å². The minimum atomic E-state index is -0.213. The average Bonchev–Trinajstić information content (AvgIpc) is 3.17. The number of aryl methyl sites for hydroxylation is 2. The van der Waals surface area contributed by atoms with Crippen LogP contribution in [0.15, 0.2) is 78.9 Å². The summed E-state index contributed by atoms with van der Waals surface area (Å²) in [7, 11) is 0. The third kappa shape index (κ3) is 4.24. The van der Waals surface area contributed by atoms with E-state index < -0.39 is 0 Å². The molecule has 0 atom stereocenters. The Morgan fingerprint density at radius 1 is 0.897 bits per heavy atom. The number of carbonyl (C=O) groups is 1. The molecular weight excluding hydrogens is 360 g/mol. The molecule has 0 saturated heterocycles. The number of anilines is 1. The molecule has 0 saturated carbocycles. The van der Waals surface area contributed by atoms with Crippen molar-refractivity contribution in [3.63, 3.8) is 0 Å². The predicted molar refractivity (Wildman–Crippen MR) is 115 cm³/mol. The number of carbonyl (C=O) groups excluding carboxylic acids is 1. The molecule has 29 heavy (non-hydrogen) atoms. The first-order valence-electron chi connectivity index (χ1n) is 9.53. The summed E-state index contributed by atoms with van der Waals surface area (Å²) in [5, 5.41) is 7.79. The summed E-state index contributed by atoms with van der Waals surface area (Å²) >= 11 is 0. The van der Waals surface area contributed by atoms with E-state index in [1.165, 1.54) is 4.68 Å². The highest BCUT2D eigenvalue weighted by Crippen LogP contribution is 2.20. The topological polar surface area (TPSA) is 59.8 Å². The lowest BCUT2D eigenvalue weighted by molar-refractivity contribution is 0.0947. The van der Waals surface area contributed by atoms with Crippen LogP contribution in [0.4, 0.5) is 5.95 Å². The molecule has 0 aliphatic heterocycles. The molecule has 0 spiro atoms. The van der Waals surface area contributed by atoms with Gasteiger partial charge in [-0.25, -0.2) is 0 Å². The maximum absolute atomic E-state index is 13.1. The van der Waals surface area contributed by atoms with Gasteiger partial charge in [0.1, 0.15) is 0 Å². The van der Waals surface area contributed by atoms with E-state index in [9.17, 15) is 4.79 Å². The fraction of sp³-hybridized carbons (Fsp3) is 0.125. The van der Waals surface area contributed by atoms with Crippen LogP contribution in [0.3, 0.4) is 0 Å². The Bertz CT molecular complexity index is 1130. The zero-order chi connectivity index (χ0) is 20.2. The number of benzene rings is 3. The molecule has 0 fully saturated rings. The number of aromatic nitrogens is 3. The maximum Gasteiger partial charge on any atom is 0.281 e. The number of rotatable bonds is 5. The van der Waals surface area contributed by atoms with Crippen molar-refractivity contribution in [2.75, 3.05) is 5.32 Å². The Hall–Kier alpha value is -3.73. The molecule has 0 amide bonds. The lowest BCUT2D eigenvalue weighted by Gasteiger charge is -2.07. The summed E-state index contributed by atoms with van der Waals surface area (Å²) in [6.45, 7) is 4.54. The molecule has 0 unspecified atom stereocenters. The molecule has 1 heterocycles. The van der Waals surface area contributed by atoms with Crippen LogP contribution >= 0.6 is 0 Å². The minimum Gasteiger partial charge on any atom is -0.350 e. The Balaban J connectivity index is 1.70. The van der Waals surface area contributed by atoms with Crippen molar-refractivity contribution in [2.24, 2.45) is 0 Å². The van der Waals surface area contributed by atoms with Crippen LogP contribution in [0.2, 0.25) is 0 Å². The van der Waals surface area contributed by atoms with Crippen molar-refractivity contribution in [1.82, 2.24) is 14.8 Å². The zero-order valence-electron chi connectivity index (χ0n) is 16.5. The smallest absolute Gasteiger partial charge is 0.281 e. The second-order valence-corrected chi connectivity index (χ2v) is 7.05. The number of hydrogen-bond acceptors (Lipinski definition) is 4. The number of hydrogen-bond donors (Lipinski definition) is 1.